The molecule has 1 aliphatic rings. The van der Waals surface area contributed by atoms with Gasteiger partial charge in [0.15, 0.2) is 0 Å². The molecular weight excluding hydrogens is 162 g/mol. The molecule has 0 aromatic heterocycles. The van der Waals surface area contributed by atoms with Crippen molar-refractivity contribution in [3.8, 4) is 0 Å². The van der Waals surface area contributed by atoms with Gasteiger partial charge in [0.1, 0.15) is 6.10 Å². The molecule has 68 valence electrons. The molecule has 1 atom stereocenters. The molecular formula is C11H13NO. The smallest absolute Gasteiger partial charge is 0.104 e. The second-order valence-corrected chi connectivity index (χ2v) is 3.17. The summed E-state index contributed by atoms with van der Waals surface area (Å²) in [6, 6.07) is 8.29. The van der Waals surface area contributed by atoms with Crippen molar-refractivity contribution in [2.24, 2.45) is 0 Å². The standard InChI is InChI=1S/C11H13NO/c1-12-8-7-11(13-2)9-5-3-4-6-10(9)12/h3-8,11H,1-2H3/t11-/m1/s1. The third kappa shape index (κ3) is 1.33. The molecule has 0 unspecified atom stereocenters. The lowest BCUT2D eigenvalue weighted by Gasteiger charge is -2.26. The van der Waals surface area contributed by atoms with Gasteiger partial charge in [-0.1, -0.05) is 18.2 Å². The van der Waals surface area contributed by atoms with Crippen LogP contribution in [0.15, 0.2) is 36.5 Å². The molecule has 13 heavy (non-hydrogen) atoms. The maximum absolute atomic E-state index is 5.35. The Morgan fingerprint density at radius 3 is 2.85 bits per heavy atom. The van der Waals surface area contributed by atoms with Crippen molar-refractivity contribution in [1.82, 2.24) is 0 Å². The highest BCUT2D eigenvalue weighted by Crippen LogP contribution is 2.32. The number of hydrogen-bond acceptors (Lipinski definition) is 2. The first-order valence-electron chi connectivity index (χ1n) is 4.36. The Hall–Kier alpha value is -1.28. The van der Waals surface area contributed by atoms with Crippen LogP contribution in [0.4, 0.5) is 5.69 Å². The monoisotopic (exact) mass is 175 g/mol. The van der Waals surface area contributed by atoms with Crippen LogP contribution < -0.4 is 4.90 Å². The topological polar surface area (TPSA) is 12.5 Å². The lowest BCUT2D eigenvalue weighted by Crippen LogP contribution is -2.17. The van der Waals surface area contributed by atoms with Crippen LogP contribution in [0.5, 0.6) is 0 Å². The van der Waals surface area contributed by atoms with Gasteiger partial charge < -0.3 is 9.64 Å². The van der Waals surface area contributed by atoms with Crippen LogP contribution in [-0.4, -0.2) is 14.2 Å². The van der Waals surface area contributed by atoms with E-state index in [4.69, 9.17) is 4.74 Å². The maximum atomic E-state index is 5.35. The van der Waals surface area contributed by atoms with Gasteiger partial charge in [0.25, 0.3) is 0 Å². The van der Waals surface area contributed by atoms with Crippen LogP contribution in [0.3, 0.4) is 0 Å². The summed E-state index contributed by atoms with van der Waals surface area (Å²) < 4.78 is 5.35. The van der Waals surface area contributed by atoms with E-state index in [1.165, 1.54) is 11.3 Å². The van der Waals surface area contributed by atoms with E-state index in [2.05, 4.69) is 23.1 Å². The van der Waals surface area contributed by atoms with Gasteiger partial charge in [-0.25, -0.2) is 0 Å². The van der Waals surface area contributed by atoms with Gasteiger partial charge in [0, 0.05) is 31.6 Å². The number of methoxy groups -OCH3 is 1. The Kier molecular flexibility index (Phi) is 2.07. The summed E-state index contributed by atoms with van der Waals surface area (Å²) in [6.45, 7) is 0. The van der Waals surface area contributed by atoms with Gasteiger partial charge in [-0.15, -0.1) is 0 Å². The third-order valence-electron chi connectivity index (χ3n) is 2.36. The first-order valence-corrected chi connectivity index (χ1v) is 4.36. The van der Waals surface area contributed by atoms with Gasteiger partial charge in [-0.3, -0.25) is 0 Å². The fourth-order valence-electron chi connectivity index (χ4n) is 1.65. The predicted octanol–water partition coefficient (Wildman–Crippen LogP) is 2.34. The van der Waals surface area contributed by atoms with Crippen molar-refractivity contribution < 1.29 is 4.74 Å². The average Bonchev–Trinajstić information content (AvgIpc) is 2.19. The summed E-state index contributed by atoms with van der Waals surface area (Å²) in [4.78, 5) is 2.10. The molecule has 0 radical (unpaired) electrons. The van der Waals surface area contributed by atoms with E-state index < -0.39 is 0 Å². The number of nitrogens with zero attached hydrogens (tertiary/aromatic N) is 1. The van der Waals surface area contributed by atoms with Crippen LogP contribution in [0.25, 0.3) is 0 Å². The third-order valence-corrected chi connectivity index (χ3v) is 2.36. The lowest BCUT2D eigenvalue weighted by atomic mass is 10.0. The van der Waals surface area contributed by atoms with Gasteiger partial charge in [0.2, 0.25) is 0 Å². The largest absolute Gasteiger partial charge is 0.373 e. The van der Waals surface area contributed by atoms with Crippen molar-refractivity contribution in [2.45, 2.75) is 6.10 Å². The fraction of sp³-hybridized carbons (Fsp3) is 0.273. The van der Waals surface area contributed by atoms with Gasteiger partial charge in [-0.05, 0) is 12.1 Å². The first-order chi connectivity index (χ1) is 6.33. The zero-order valence-electron chi connectivity index (χ0n) is 7.90. The van der Waals surface area contributed by atoms with Crippen molar-refractivity contribution >= 4 is 5.69 Å². The zero-order valence-corrected chi connectivity index (χ0v) is 7.90. The Bertz CT molecular complexity index is 333. The number of anilines is 1. The molecule has 2 rings (SSSR count). The predicted molar refractivity (Wildman–Crippen MR) is 53.7 cm³/mol. The van der Waals surface area contributed by atoms with E-state index in [0.29, 0.717) is 0 Å². The van der Waals surface area contributed by atoms with Crippen molar-refractivity contribution in [2.75, 3.05) is 19.1 Å². The lowest BCUT2D eigenvalue weighted by molar-refractivity contribution is 0.142. The molecule has 1 heterocycles. The second-order valence-electron chi connectivity index (χ2n) is 3.17. The molecule has 0 amide bonds. The number of benzene rings is 1. The molecule has 1 aromatic carbocycles. The number of fused-ring (bicyclic) bond motifs is 1. The Balaban J connectivity index is 2.48. The van der Waals surface area contributed by atoms with Crippen molar-refractivity contribution in [1.29, 1.82) is 0 Å². The van der Waals surface area contributed by atoms with Crippen molar-refractivity contribution in [3.05, 3.63) is 42.1 Å². The Morgan fingerprint density at radius 1 is 1.31 bits per heavy atom. The summed E-state index contributed by atoms with van der Waals surface area (Å²) in [7, 11) is 3.78. The maximum Gasteiger partial charge on any atom is 0.104 e. The quantitative estimate of drug-likeness (QED) is 0.649. The van der Waals surface area contributed by atoms with E-state index >= 15 is 0 Å². The number of ether oxygens (including phenoxy) is 1. The molecule has 0 saturated heterocycles. The molecule has 2 heteroatoms. The Labute approximate surface area is 78.4 Å². The summed E-state index contributed by atoms with van der Waals surface area (Å²) in [5, 5.41) is 0. The molecule has 2 nitrogen and oxygen atoms in total. The minimum absolute atomic E-state index is 0.104. The molecule has 0 spiro atoms. The molecule has 0 bridgehead atoms. The zero-order chi connectivity index (χ0) is 9.26. The number of rotatable bonds is 1. The van der Waals surface area contributed by atoms with Gasteiger partial charge in [0.05, 0.1) is 0 Å². The SMILES string of the molecule is CO[C@@H]1C=CN(C)c2ccccc21. The average molecular weight is 175 g/mol. The number of para-hydroxylation sites is 1. The van der Waals surface area contributed by atoms with Crippen LogP contribution in [-0.2, 0) is 4.74 Å². The highest BCUT2D eigenvalue weighted by atomic mass is 16.5. The first kappa shape index (κ1) is 8.32. The van der Waals surface area contributed by atoms with Gasteiger partial charge >= 0.3 is 0 Å². The Morgan fingerprint density at radius 2 is 2.08 bits per heavy atom. The van der Waals surface area contributed by atoms with E-state index in [9.17, 15) is 0 Å². The molecule has 0 N–H and O–H groups in total. The van der Waals surface area contributed by atoms with Crippen molar-refractivity contribution in [3.63, 3.8) is 0 Å². The fourth-order valence-corrected chi connectivity index (χ4v) is 1.65. The summed E-state index contributed by atoms with van der Waals surface area (Å²) in [5.41, 5.74) is 2.45. The summed E-state index contributed by atoms with van der Waals surface area (Å²) in [5.74, 6) is 0. The highest BCUT2D eigenvalue weighted by molar-refractivity contribution is 5.59. The minimum atomic E-state index is 0.104. The van der Waals surface area contributed by atoms with E-state index in [0.717, 1.165) is 0 Å². The second kappa shape index (κ2) is 3.23. The molecule has 0 saturated carbocycles. The molecule has 1 aliphatic heterocycles. The van der Waals surface area contributed by atoms with E-state index in [1.54, 1.807) is 7.11 Å². The molecule has 1 aromatic rings. The van der Waals surface area contributed by atoms with Crippen LogP contribution in [0.1, 0.15) is 11.7 Å². The van der Waals surface area contributed by atoms with Crippen LogP contribution in [0, 0.1) is 0 Å². The van der Waals surface area contributed by atoms with Gasteiger partial charge in [-0.2, -0.15) is 0 Å². The summed E-state index contributed by atoms with van der Waals surface area (Å²) in [6.07, 6.45) is 4.20. The molecule has 0 fully saturated rings. The van der Waals surface area contributed by atoms with Crippen LogP contribution in [0.2, 0.25) is 0 Å². The van der Waals surface area contributed by atoms with Crippen LogP contribution >= 0.6 is 0 Å². The highest BCUT2D eigenvalue weighted by Gasteiger charge is 2.17. The molecule has 0 aliphatic carbocycles. The van der Waals surface area contributed by atoms with E-state index in [1.807, 2.05) is 25.4 Å². The minimum Gasteiger partial charge on any atom is -0.373 e. The summed E-state index contributed by atoms with van der Waals surface area (Å²) >= 11 is 0. The van der Waals surface area contributed by atoms with E-state index in [-0.39, 0.29) is 6.10 Å². The normalized spacial score (nSPS) is 20.2. The number of hydrogen-bond donors (Lipinski definition) is 0.